The molecule has 1 N–H and O–H groups in total. The van der Waals surface area contributed by atoms with Crippen LogP contribution in [0.4, 0.5) is 4.39 Å². The molecule has 0 radical (unpaired) electrons. The zero-order valence-electron chi connectivity index (χ0n) is 10.1. The summed E-state index contributed by atoms with van der Waals surface area (Å²) in [5.41, 5.74) is 0.252. The first-order valence-corrected chi connectivity index (χ1v) is 6.30. The van der Waals surface area contributed by atoms with Gasteiger partial charge in [-0.3, -0.25) is 19.3 Å². The summed E-state index contributed by atoms with van der Waals surface area (Å²) in [7, 11) is 0. The van der Waals surface area contributed by atoms with E-state index in [1.807, 2.05) is 0 Å². The van der Waals surface area contributed by atoms with Crippen molar-refractivity contribution in [3.05, 3.63) is 58.5 Å². The summed E-state index contributed by atoms with van der Waals surface area (Å²) in [4.78, 5) is 23.7. The number of carbonyl (C=O) groups excluding carboxylic acids is 2. The Bertz CT molecular complexity index is 629. The molecule has 0 saturated carbocycles. The first-order chi connectivity index (χ1) is 9.47. The predicted molar refractivity (Wildman–Crippen MR) is 73.7 cm³/mol. The largest absolute Gasteiger partial charge is 0.288 e. The molecule has 0 spiro atoms. The van der Waals surface area contributed by atoms with Gasteiger partial charge in [-0.2, -0.15) is 0 Å². The summed E-state index contributed by atoms with van der Waals surface area (Å²) in [6.45, 7) is 0.468. The molecule has 1 aliphatic rings. The average Bonchev–Trinajstić information content (AvgIpc) is 2.38. The van der Waals surface area contributed by atoms with Crippen molar-refractivity contribution in [3.8, 4) is 0 Å². The molecule has 1 aromatic carbocycles. The van der Waals surface area contributed by atoms with Crippen molar-refractivity contribution >= 4 is 35.2 Å². The van der Waals surface area contributed by atoms with E-state index in [9.17, 15) is 14.0 Å². The molecule has 0 bridgehead atoms. The second kappa shape index (κ2) is 6.07. The number of rotatable bonds is 2. The fourth-order valence-electron chi connectivity index (χ4n) is 1.58. The van der Waals surface area contributed by atoms with Crippen molar-refractivity contribution in [1.82, 2.24) is 9.74 Å². The number of benzene rings is 1. The number of halogens is 3. The van der Waals surface area contributed by atoms with E-state index < -0.39 is 17.6 Å². The Kier molecular flexibility index (Phi) is 4.42. The number of carbonyl (C=O) groups is 2. The van der Waals surface area contributed by atoms with E-state index >= 15 is 0 Å². The van der Waals surface area contributed by atoms with E-state index in [1.54, 1.807) is 12.2 Å². The molecule has 0 unspecified atom stereocenters. The lowest BCUT2D eigenvalue weighted by Crippen LogP contribution is -2.32. The SMILES string of the molecule is O=C(NC(=O)c1ccc(F)cc1Cl)C1=CN(Cl)CC=C1. The molecule has 1 aromatic rings. The minimum Gasteiger partial charge on any atom is -0.288 e. The Morgan fingerprint density at radius 3 is 2.70 bits per heavy atom. The van der Waals surface area contributed by atoms with Crippen molar-refractivity contribution in [2.24, 2.45) is 0 Å². The van der Waals surface area contributed by atoms with Gasteiger partial charge in [0, 0.05) is 18.0 Å². The summed E-state index contributed by atoms with van der Waals surface area (Å²) in [5.74, 6) is -1.88. The zero-order valence-corrected chi connectivity index (χ0v) is 11.6. The Labute approximate surface area is 124 Å². The van der Waals surface area contributed by atoms with Gasteiger partial charge in [0.25, 0.3) is 11.8 Å². The number of imide groups is 1. The zero-order chi connectivity index (χ0) is 14.7. The lowest BCUT2D eigenvalue weighted by atomic mass is 10.1. The van der Waals surface area contributed by atoms with E-state index in [4.69, 9.17) is 23.4 Å². The molecule has 2 rings (SSSR count). The second-order valence-electron chi connectivity index (χ2n) is 3.98. The molecule has 104 valence electrons. The molecule has 7 heteroatoms. The van der Waals surface area contributed by atoms with E-state index in [-0.39, 0.29) is 16.2 Å². The summed E-state index contributed by atoms with van der Waals surface area (Å²) in [5, 5.41) is 2.09. The van der Waals surface area contributed by atoms with E-state index in [1.165, 1.54) is 16.7 Å². The molecule has 4 nitrogen and oxygen atoms in total. The highest BCUT2D eigenvalue weighted by atomic mass is 35.5. The smallest absolute Gasteiger partial charge is 0.259 e. The van der Waals surface area contributed by atoms with Crippen molar-refractivity contribution < 1.29 is 14.0 Å². The van der Waals surface area contributed by atoms with Crippen LogP contribution in [0, 0.1) is 5.82 Å². The minimum absolute atomic E-state index is 0.0181. The number of hydrogen-bond acceptors (Lipinski definition) is 3. The van der Waals surface area contributed by atoms with Crippen LogP contribution in [0.2, 0.25) is 5.02 Å². The Hall–Kier alpha value is -1.85. The third-order valence-corrected chi connectivity index (χ3v) is 3.07. The third-order valence-electron chi connectivity index (χ3n) is 2.52. The van der Waals surface area contributed by atoms with Crippen LogP contribution in [0.15, 0.2) is 42.1 Å². The van der Waals surface area contributed by atoms with Gasteiger partial charge in [0.05, 0.1) is 22.7 Å². The van der Waals surface area contributed by atoms with Crippen LogP contribution in [0.1, 0.15) is 10.4 Å². The molecule has 1 aliphatic heterocycles. The molecule has 0 saturated heterocycles. The highest BCUT2D eigenvalue weighted by Crippen LogP contribution is 2.17. The van der Waals surface area contributed by atoms with Crippen molar-refractivity contribution in [2.45, 2.75) is 0 Å². The molecule has 0 atom stereocenters. The van der Waals surface area contributed by atoms with Crippen LogP contribution in [-0.2, 0) is 4.79 Å². The normalized spacial score (nSPS) is 13.9. The van der Waals surface area contributed by atoms with E-state index in [0.717, 1.165) is 12.1 Å². The molecule has 0 fully saturated rings. The molecular formula is C13H9Cl2FN2O2. The van der Waals surface area contributed by atoms with Gasteiger partial charge < -0.3 is 0 Å². The maximum absolute atomic E-state index is 12.9. The van der Waals surface area contributed by atoms with Crippen molar-refractivity contribution in [1.29, 1.82) is 0 Å². The lowest BCUT2D eigenvalue weighted by Gasteiger charge is -2.14. The minimum atomic E-state index is -0.707. The highest BCUT2D eigenvalue weighted by Gasteiger charge is 2.17. The van der Waals surface area contributed by atoms with Gasteiger partial charge in [-0.05, 0) is 18.2 Å². The third kappa shape index (κ3) is 3.37. The van der Waals surface area contributed by atoms with Gasteiger partial charge in [0.2, 0.25) is 0 Å². The quantitative estimate of drug-likeness (QED) is 0.674. The summed E-state index contributed by atoms with van der Waals surface area (Å²) >= 11 is 11.5. The van der Waals surface area contributed by atoms with E-state index in [2.05, 4.69) is 5.32 Å². The molecular weight excluding hydrogens is 306 g/mol. The number of nitrogens with zero attached hydrogens (tertiary/aromatic N) is 1. The van der Waals surface area contributed by atoms with Crippen LogP contribution < -0.4 is 5.32 Å². The molecule has 20 heavy (non-hydrogen) atoms. The average molecular weight is 315 g/mol. The van der Waals surface area contributed by atoms with Crippen LogP contribution >= 0.6 is 23.4 Å². The number of hydrogen-bond donors (Lipinski definition) is 1. The first kappa shape index (κ1) is 14.6. The van der Waals surface area contributed by atoms with Gasteiger partial charge in [0.15, 0.2) is 0 Å². The Balaban J connectivity index is 2.12. The van der Waals surface area contributed by atoms with Gasteiger partial charge in [-0.1, -0.05) is 23.8 Å². The molecule has 1 heterocycles. The topological polar surface area (TPSA) is 49.4 Å². The lowest BCUT2D eigenvalue weighted by molar-refractivity contribution is -0.116. The standard InChI is InChI=1S/C13H9Cl2FN2O2/c14-11-6-9(16)3-4-10(11)13(20)17-12(19)8-2-1-5-18(15)7-8/h1-4,6-7H,5H2,(H,17,19,20). The molecule has 0 aromatic heterocycles. The fourth-order valence-corrected chi connectivity index (χ4v) is 2.02. The van der Waals surface area contributed by atoms with Crippen LogP contribution in [-0.4, -0.2) is 22.8 Å². The van der Waals surface area contributed by atoms with Gasteiger partial charge >= 0.3 is 0 Å². The van der Waals surface area contributed by atoms with Crippen molar-refractivity contribution in [3.63, 3.8) is 0 Å². The van der Waals surface area contributed by atoms with Gasteiger partial charge in [-0.15, -0.1) is 0 Å². The molecule has 2 amide bonds. The monoisotopic (exact) mass is 314 g/mol. The Morgan fingerprint density at radius 1 is 1.30 bits per heavy atom. The summed E-state index contributed by atoms with van der Waals surface area (Å²) < 4.78 is 14.2. The van der Waals surface area contributed by atoms with E-state index in [0.29, 0.717) is 6.54 Å². The van der Waals surface area contributed by atoms with Crippen LogP contribution in [0.3, 0.4) is 0 Å². The fraction of sp³-hybridized carbons (Fsp3) is 0.0769. The number of amides is 2. The first-order valence-electron chi connectivity index (χ1n) is 5.59. The maximum Gasteiger partial charge on any atom is 0.259 e. The maximum atomic E-state index is 12.9. The van der Waals surface area contributed by atoms with Gasteiger partial charge in [-0.25, -0.2) is 4.39 Å². The van der Waals surface area contributed by atoms with Crippen molar-refractivity contribution in [2.75, 3.05) is 6.54 Å². The van der Waals surface area contributed by atoms with Crippen LogP contribution in [0.5, 0.6) is 0 Å². The van der Waals surface area contributed by atoms with Gasteiger partial charge in [0.1, 0.15) is 5.82 Å². The van der Waals surface area contributed by atoms with Crippen LogP contribution in [0.25, 0.3) is 0 Å². The number of nitrogens with one attached hydrogen (secondary N) is 1. The Morgan fingerprint density at radius 2 is 2.05 bits per heavy atom. The predicted octanol–water partition coefficient (Wildman–Crippen LogP) is 2.65. The summed E-state index contributed by atoms with van der Waals surface area (Å²) in [6.07, 6.45) is 4.63. The highest BCUT2D eigenvalue weighted by molar-refractivity contribution is 6.34. The summed E-state index contributed by atoms with van der Waals surface area (Å²) in [6, 6.07) is 3.30. The molecule has 0 aliphatic carbocycles. The second-order valence-corrected chi connectivity index (χ2v) is 4.82.